The minimum absolute atomic E-state index is 0.0571. The summed E-state index contributed by atoms with van der Waals surface area (Å²) in [5.41, 5.74) is 1.48. The number of hydrogen-bond acceptors (Lipinski definition) is 5. The predicted octanol–water partition coefficient (Wildman–Crippen LogP) is 3.55. The molecule has 0 bridgehead atoms. The molecule has 2 aromatic rings. The van der Waals surface area contributed by atoms with E-state index in [1.54, 1.807) is 38.2 Å². The van der Waals surface area contributed by atoms with Gasteiger partial charge in [-0.3, -0.25) is 4.98 Å². The van der Waals surface area contributed by atoms with E-state index in [1.165, 1.54) is 0 Å². The smallest absolute Gasteiger partial charge is 0.347 e. The minimum Gasteiger partial charge on any atom is -0.504 e. The molecule has 0 radical (unpaired) electrons. The first-order chi connectivity index (χ1) is 10.5. The molecule has 0 amide bonds. The summed E-state index contributed by atoms with van der Waals surface area (Å²) in [6, 6.07) is 8.62. The maximum absolute atomic E-state index is 11.5. The lowest BCUT2D eigenvalue weighted by Gasteiger charge is -2.14. The van der Waals surface area contributed by atoms with Crippen molar-refractivity contribution in [2.24, 2.45) is 0 Å². The van der Waals surface area contributed by atoms with Crippen LogP contribution in [0.3, 0.4) is 0 Å². The molecule has 6 heteroatoms. The van der Waals surface area contributed by atoms with Gasteiger partial charge in [0, 0.05) is 16.2 Å². The van der Waals surface area contributed by atoms with Gasteiger partial charge in [-0.2, -0.15) is 0 Å². The SMILES string of the molecule is CCOC(=O)C(C)Oc1ccc(-c2ccc(Br)cn2)cc1O. The van der Waals surface area contributed by atoms with Crippen LogP contribution in [-0.2, 0) is 9.53 Å². The highest BCUT2D eigenvalue weighted by molar-refractivity contribution is 9.10. The Morgan fingerprint density at radius 3 is 2.73 bits per heavy atom. The van der Waals surface area contributed by atoms with E-state index in [1.807, 2.05) is 12.1 Å². The zero-order valence-corrected chi connectivity index (χ0v) is 13.8. The average Bonchev–Trinajstić information content (AvgIpc) is 2.50. The number of aromatic hydroxyl groups is 1. The molecular weight excluding hydrogens is 350 g/mol. The Labute approximate surface area is 137 Å². The molecule has 0 aliphatic carbocycles. The largest absolute Gasteiger partial charge is 0.504 e. The van der Waals surface area contributed by atoms with Crippen molar-refractivity contribution in [1.82, 2.24) is 4.98 Å². The van der Waals surface area contributed by atoms with E-state index in [0.717, 1.165) is 15.7 Å². The third-order valence-corrected chi connectivity index (χ3v) is 3.37. The lowest BCUT2D eigenvalue weighted by atomic mass is 10.1. The van der Waals surface area contributed by atoms with Gasteiger partial charge in [0.2, 0.25) is 0 Å². The number of halogens is 1. The van der Waals surface area contributed by atoms with Crippen LogP contribution in [0.25, 0.3) is 11.3 Å². The van der Waals surface area contributed by atoms with Gasteiger partial charge in [0.25, 0.3) is 0 Å². The van der Waals surface area contributed by atoms with E-state index in [2.05, 4.69) is 20.9 Å². The van der Waals surface area contributed by atoms with Crippen LogP contribution in [0.1, 0.15) is 13.8 Å². The first kappa shape index (κ1) is 16.3. The van der Waals surface area contributed by atoms with Gasteiger partial charge in [-0.25, -0.2) is 4.79 Å². The molecule has 0 aliphatic rings. The normalized spacial score (nSPS) is 11.8. The lowest BCUT2D eigenvalue weighted by molar-refractivity contribution is -0.150. The van der Waals surface area contributed by atoms with Crippen LogP contribution in [-0.4, -0.2) is 28.8 Å². The quantitative estimate of drug-likeness (QED) is 0.820. The van der Waals surface area contributed by atoms with E-state index >= 15 is 0 Å². The van der Waals surface area contributed by atoms with Gasteiger partial charge in [-0.1, -0.05) is 0 Å². The van der Waals surface area contributed by atoms with Gasteiger partial charge in [0.15, 0.2) is 17.6 Å². The van der Waals surface area contributed by atoms with Crippen molar-refractivity contribution in [3.63, 3.8) is 0 Å². The molecule has 1 aromatic carbocycles. The molecule has 1 N–H and O–H groups in total. The second-order valence-electron chi connectivity index (χ2n) is 4.56. The molecule has 1 aromatic heterocycles. The summed E-state index contributed by atoms with van der Waals surface area (Å²) in [7, 11) is 0. The van der Waals surface area contributed by atoms with Crippen molar-refractivity contribution >= 4 is 21.9 Å². The summed E-state index contributed by atoms with van der Waals surface area (Å²) in [5.74, 6) is -0.305. The Balaban J connectivity index is 2.16. The number of phenols is 1. The fourth-order valence-electron chi connectivity index (χ4n) is 1.82. The zero-order valence-electron chi connectivity index (χ0n) is 12.2. The molecule has 2 rings (SSSR count). The molecule has 1 atom stereocenters. The van der Waals surface area contributed by atoms with Gasteiger partial charge in [-0.05, 0) is 60.1 Å². The summed E-state index contributed by atoms with van der Waals surface area (Å²) in [6.45, 7) is 3.58. The number of pyridine rings is 1. The fraction of sp³-hybridized carbons (Fsp3) is 0.250. The number of rotatable bonds is 5. The molecular formula is C16H16BrNO4. The molecule has 0 saturated heterocycles. The third-order valence-electron chi connectivity index (χ3n) is 2.90. The summed E-state index contributed by atoms with van der Waals surface area (Å²) in [4.78, 5) is 15.8. The third kappa shape index (κ3) is 3.98. The Hall–Kier alpha value is -2.08. The van der Waals surface area contributed by atoms with Gasteiger partial charge in [0.1, 0.15) is 0 Å². The second kappa shape index (κ2) is 7.26. The summed E-state index contributed by atoms with van der Waals surface area (Å²) < 4.78 is 11.2. The van der Waals surface area contributed by atoms with Crippen LogP contribution in [0.5, 0.6) is 11.5 Å². The molecule has 0 saturated carbocycles. The first-order valence-electron chi connectivity index (χ1n) is 6.79. The van der Waals surface area contributed by atoms with E-state index in [0.29, 0.717) is 0 Å². The standard InChI is InChI=1S/C16H16BrNO4/c1-3-21-16(20)10(2)22-15-7-4-11(8-14(15)19)13-6-5-12(17)9-18-13/h4-10,19H,3H2,1-2H3. The summed E-state index contributed by atoms with van der Waals surface area (Å²) in [5, 5.41) is 10.1. The van der Waals surface area contributed by atoms with Crippen LogP contribution in [0, 0.1) is 0 Å². The van der Waals surface area contributed by atoms with Crippen LogP contribution >= 0.6 is 15.9 Å². The van der Waals surface area contributed by atoms with E-state index in [4.69, 9.17) is 9.47 Å². The highest BCUT2D eigenvalue weighted by Gasteiger charge is 2.17. The van der Waals surface area contributed by atoms with E-state index in [-0.39, 0.29) is 18.1 Å². The van der Waals surface area contributed by atoms with Crippen LogP contribution in [0.15, 0.2) is 41.0 Å². The molecule has 0 spiro atoms. The zero-order chi connectivity index (χ0) is 16.1. The van der Waals surface area contributed by atoms with E-state index < -0.39 is 12.1 Å². The molecule has 0 fully saturated rings. The molecule has 116 valence electrons. The van der Waals surface area contributed by atoms with Crippen molar-refractivity contribution in [2.75, 3.05) is 6.61 Å². The van der Waals surface area contributed by atoms with Crippen molar-refractivity contribution < 1.29 is 19.4 Å². The van der Waals surface area contributed by atoms with Crippen molar-refractivity contribution in [3.05, 3.63) is 41.0 Å². The number of phenolic OH excluding ortho intramolecular Hbond substituents is 1. The topological polar surface area (TPSA) is 68.7 Å². The average molecular weight is 366 g/mol. The summed E-state index contributed by atoms with van der Waals surface area (Å²) in [6.07, 6.45) is 0.891. The number of aromatic nitrogens is 1. The Bertz CT molecular complexity index is 658. The second-order valence-corrected chi connectivity index (χ2v) is 5.47. The monoisotopic (exact) mass is 365 g/mol. The Kier molecular flexibility index (Phi) is 5.38. The maximum atomic E-state index is 11.5. The van der Waals surface area contributed by atoms with Crippen LogP contribution in [0.4, 0.5) is 0 Å². The number of hydrogen-bond donors (Lipinski definition) is 1. The maximum Gasteiger partial charge on any atom is 0.347 e. The van der Waals surface area contributed by atoms with Crippen molar-refractivity contribution in [2.45, 2.75) is 20.0 Å². The Morgan fingerprint density at radius 2 is 2.14 bits per heavy atom. The molecule has 5 nitrogen and oxygen atoms in total. The molecule has 1 unspecified atom stereocenters. The molecule has 0 aliphatic heterocycles. The van der Waals surface area contributed by atoms with Crippen molar-refractivity contribution in [3.8, 4) is 22.8 Å². The summed E-state index contributed by atoms with van der Waals surface area (Å²) >= 11 is 3.32. The number of carbonyl (C=O) groups is 1. The van der Waals surface area contributed by atoms with Gasteiger partial charge < -0.3 is 14.6 Å². The Morgan fingerprint density at radius 1 is 1.36 bits per heavy atom. The van der Waals surface area contributed by atoms with Crippen molar-refractivity contribution in [1.29, 1.82) is 0 Å². The number of benzene rings is 1. The van der Waals surface area contributed by atoms with Gasteiger partial charge in [0.05, 0.1) is 12.3 Å². The highest BCUT2D eigenvalue weighted by atomic mass is 79.9. The number of esters is 1. The van der Waals surface area contributed by atoms with Crippen LogP contribution < -0.4 is 4.74 Å². The van der Waals surface area contributed by atoms with Gasteiger partial charge in [-0.15, -0.1) is 0 Å². The number of ether oxygens (including phenoxy) is 2. The number of carbonyl (C=O) groups excluding carboxylic acids is 1. The fourth-order valence-corrected chi connectivity index (χ4v) is 2.06. The lowest BCUT2D eigenvalue weighted by Crippen LogP contribution is -2.26. The van der Waals surface area contributed by atoms with E-state index in [9.17, 15) is 9.90 Å². The van der Waals surface area contributed by atoms with Crippen LogP contribution in [0.2, 0.25) is 0 Å². The highest BCUT2D eigenvalue weighted by Crippen LogP contribution is 2.31. The predicted molar refractivity (Wildman–Crippen MR) is 85.8 cm³/mol. The number of nitrogens with zero attached hydrogens (tertiary/aromatic N) is 1. The minimum atomic E-state index is -0.789. The molecule has 22 heavy (non-hydrogen) atoms. The van der Waals surface area contributed by atoms with Gasteiger partial charge >= 0.3 is 5.97 Å². The molecule has 1 heterocycles. The first-order valence-corrected chi connectivity index (χ1v) is 7.58.